The van der Waals surface area contributed by atoms with Crippen LogP contribution in [0.25, 0.3) is 0 Å². The number of hydrogen-bond acceptors (Lipinski definition) is 3. The van der Waals surface area contributed by atoms with Crippen LogP contribution in [0.2, 0.25) is 0 Å². The fourth-order valence-corrected chi connectivity index (χ4v) is 3.57. The summed E-state index contributed by atoms with van der Waals surface area (Å²) < 4.78 is 19.8. The van der Waals surface area contributed by atoms with Gasteiger partial charge in [-0.15, -0.1) is 0 Å². The number of hydrogen-bond donors (Lipinski definition) is 1. The molecule has 0 fully saturated rings. The van der Waals surface area contributed by atoms with Crippen molar-refractivity contribution in [3.63, 3.8) is 0 Å². The minimum atomic E-state index is -0.700. The molecule has 0 aliphatic heterocycles. The minimum Gasteiger partial charge on any atom is -0.483 e. The standard InChI is InChI=1S/C25H32BrFN2O3/c1-6-13-28-24(31)17(2)29(15-18-7-10-20(27)11-8-18)23(30)16-32-22-12-9-19(14-21(22)26)25(3,4)5/h7-12,14,17H,6,13,15-16H2,1-5H3,(H,28,31)/t17-/m0/s1. The maximum Gasteiger partial charge on any atom is 0.261 e. The van der Waals surface area contributed by atoms with Crippen LogP contribution in [0.5, 0.6) is 5.75 Å². The van der Waals surface area contributed by atoms with Gasteiger partial charge in [0, 0.05) is 13.1 Å². The molecule has 2 rings (SSSR count). The number of rotatable bonds is 9. The Morgan fingerprint density at radius 2 is 1.81 bits per heavy atom. The molecule has 7 heteroatoms. The van der Waals surface area contributed by atoms with Crippen molar-refractivity contribution in [1.82, 2.24) is 10.2 Å². The van der Waals surface area contributed by atoms with Gasteiger partial charge in [0.05, 0.1) is 4.47 Å². The first-order chi connectivity index (χ1) is 15.0. The van der Waals surface area contributed by atoms with Gasteiger partial charge in [0.15, 0.2) is 6.61 Å². The van der Waals surface area contributed by atoms with E-state index in [2.05, 4.69) is 42.0 Å². The van der Waals surface area contributed by atoms with Crippen molar-refractivity contribution in [1.29, 1.82) is 0 Å². The Bertz CT molecular complexity index is 926. The molecule has 0 spiro atoms. The predicted octanol–water partition coefficient (Wildman–Crippen LogP) is 5.21. The fourth-order valence-electron chi connectivity index (χ4n) is 3.07. The van der Waals surface area contributed by atoms with Crippen LogP contribution in [-0.2, 0) is 21.5 Å². The topological polar surface area (TPSA) is 58.6 Å². The highest BCUT2D eigenvalue weighted by Crippen LogP contribution is 2.31. The Hall–Kier alpha value is -2.41. The lowest BCUT2D eigenvalue weighted by Gasteiger charge is -2.29. The fraction of sp³-hybridized carbons (Fsp3) is 0.440. The van der Waals surface area contributed by atoms with E-state index in [0.29, 0.717) is 12.3 Å². The van der Waals surface area contributed by atoms with Gasteiger partial charge in [-0.25, -0.2) is 4.39 Å². The largest absolute Gasteiger partial charge is 0.483 e. The van der Waals surface area contributed by atoms with E-state index in [-0.39, 0.29) is 36.2 Å². The van der Waals surface area contributed by atoms with Gasteiger partial charge in [0.25, 0.3) is 5.91 Å². The second kappa shape index (κ2) is 11.5. The summed E-state index contributed by atoms with van der Waals surface area (Å²) in [6.45, 7) is 10.5. The van der Waals surface area contributed by atoms with E-state index in [1.165, 1.54) is 17.0 Å². The summed E-state index contributed by atoms with van der Waals surface area (Å²) in [6.07, 6.45) is 0.798. The predicted molar refractivity (Wildman–Crippen MR) is 128 cm³/mol. The van der Waals surface area contributed by atoms with Crippen LogP contribution in [-0.4, -0.2) is 35.9 Å². The summed E-state index contributed by atoms with van der Waals surface area (Å²) in [5.74, 6) is -0.373. The zero-order chi connectivity index (χ0) is 23.9. The Morgan fingerprint density at radius 3 is 2.38 bits per heavy atom. The van der Waals surface area contributed by atoms with Crippen molar-refractivity contribution in [3.8, 4) is 5.75 Å². The van der Waals surface area contributed by atoms with Crippen LogP contribution in [0.3, 0.4) is 0 Å². The summed E-state index contributed by atoms with van der Waals surface area (Å²) in [5.41, 5.74) is 1.86. The maximum absolute atomic E-state index is 13.3. The number of benzene rings is 2. The van der Waals surface area contributed by atoms with Crippen LogP contribution in [0, 0.1) is 5.82 Å². The number of ether oxygens (including phenoxy) is 1. The smallest absolute Gasteiger partial charge is 0.261 e. The van der Waals surface area contributed by atoms with Gasteiger partial charge < -0.3 is 15.0 Å². The van der Waals surface area contributed by atoms with Gasteiger partial charge >= 0.3 is 0 Å². The quantitative estimate of drug-likeness (QED) is 0.507. The average Bonchev–Trinajstić information content (AvgIpc) is 2.74. The number of carbonyl (C=O) groups is 2. The molecule has 2 amide bonds. The average molecular weight is 507 g/mol. The minimum absolute atomic E-state index is 0.00981. The van der Waals surface area contributed by atoms with Gasteiger partial charge in [0.1, 0.15) is 17.6 Å². The van der Waals surface area contributed by atoms with Gasteiger partial charge in [-0.1, -0.05) is 45.9 Å². The number of carbonyl (C=O) groups excluding carboxylic acids is 2. The third kappa shape index (κ3) is 7.33. The molecule has 1 atom stereocenters. The summed E-state index contributed by atoms with van der Waals surface area (Å²) in [5, 5.41) is 2.82. The van der Waals surface area contributed by atoms with Crippen LogP contribution in [0.4, 0.5) is 4.39 Å². The summed E-state index contributed by atoms with van der Waals surface area (Å²) in [6, 6.07) is 11.0. The first kappa shape index (κ1) is 25.8. The number of nitrogens with one attached hydrogen (secondary N) is 1. The monoisotopic (exact) mass is 506 g/mol. The molecule has 0 heterocycles. The molecular weight excluding hydrogens is 475 g/mol. The number of halogens is 2. The lowest BCUT2D eigenvalue weighted by Crippen LogP contribution is -2.49. The lowest BCUT2D eigenvalue weighted by molar-refractivity contribution is -0.142. The van der Waals surface area contributed by atoms with Crippen LogP contribution in [0.15, 0.2) is 46.9 Å². The molecule has 0 aliphatic carbocycles. The van der Waals surface area contributed by atoms with E-state index >= 15 is 0 Å². The van der Waals surface area contributed by atoms with E-state index in [9.17, 15) is 14.0 Å². The van der Waals surface area contributed by atoms with Crippen LogP contribution >= 0.6 is 15.9 Å². The first-order valence-corrected chi connectivity index (χ1v) is 11.6. The van der Waals surface area contributed by atoms with E-state index in [4.69, 9.17) is 4.74 Å². The van der Waals surface area contributed by atoms with E-state index in [1.54, 1.807) is 19.1 Å². The van der Waals surface area contributed by atoms with Crippen LogP contribution < -0.4 is 10.1 Å². The van der Waals surface area contributed by atoms with Crippen molar-refractivity contribution in [2.75, 3.05) is 13.2 Å². The molecule has 0 unspecified atom stereocenters. The molecule has 5 nitrogen and oxygen atoms in total. The molecule has 2 aromatic carbocycles. The van der Waals surface area contributed by atoms with Crippen molar-refractivity contribution in [3.05, 3.63) is 63.9 Å². The van der Waals surface area contributed by atoms with Crippen molar-refractivity contribution >= 4 is 27.7 Å². The normalized spacial score (nSPS) is 12.2. The van der Waals surface area contributed by atoms with Gasteiger partial charge in [-0.05, 0) is 70.1 Å². The van der Waals surface area contributed by atoms with Gasteiger partial charge in [0.2, 0.25) is 5.91 Å². The number of nitrogens with zero attached hydrogens (tertiary/aromatic N) is 1. The third-order valence-electron chi connectivity index (χ3n) is 5.13. The zero-order valence-corrected chi connectivity index (χ0v) is 21.0. The van der Waals surface area contributed by atoms with E-state index in [0.717, 1.165) is 22.0 Å². The highest BCUT2D eigenvalue weighted by atomic mass is 79.9. The first-order valence-electron chi connectivity index (χ1n) is 10.8. The second-order valence-corrected chi connectivity index (χ2v) is 9.65. The molecule has 0 radical (unpaired) electrons. The van der Waals surface area contributed by atoms with Gasteiger partial charge in [-0.2, -0.15) is 0 Å². The van der Waals surface area contributed by atoms with E-state index in [1.807, 2.05) is 25.1 Å². The molecule has 0 bridgehead atoms. The third-order valence-corrected chi connectivity index (χ3v) is 5.75. The number of amides is 2. The summed E-state index contributed by atoms with van der Waals surface area (Å²) in [4.78, 5) is 27.1. The summed E-state index contributed by atoms with van der Waals surface area (Å²) in [7, 11) is 0. The van der Waals surface area contributed by atoms with Gasteiger partial charge in [-0.3, -0.25) is 9.59 Å². The molecule has 0 saturated carbocycles. The Kier molecular flexibility index (Phi) is 9.25. The molecule has 1 N–H and O–H groups in total. The molecule has 0 saturated heterocycles. The van der Waals surface area contributed by atoms with Crippen LogP contribution in [0.1, 0.15) is 52.2 Å². The molecule has 0 aliphatic rings. The zero-order valence-electron chi connectivity index (χ0n) is 19.4. The SMILES string of the molecule is CCCNC(=O)[C@H](C)N(Cc1ccc(F)cc1)C(=O)COc1ccc(C(C)(C)C)cc1Br. The lowest BCUT2D eigenvalue weighted by atomic mass is 9.87. The highest BCUT2D eigenvalue weighted by molar-refractivity contribution is 9.10. The Labute approximate surface area is 198 Å². The van der Waals surface area contributed by atoms with Crippen molar-refractivity contribution in [2.45, 2.75) is 59.0 Å². The van der Waals surface area contributed by atoms with E-state index < -0.39 is 6.04 Å². The Morgan fingerprint density at radius 1 is 1.16 bits per heavy atom. The molecule has 174 valence electrons. The molecule has 2 aromatic rings. The summed E-state index contributed by atoms with van der Waals surface area (Å²) >= 11 is 3.52. The highest BCUT2D eigenvalue weighted by Gasteiger charge is 2.26. The van der Waals surface area contributed by atoms with Crippen molar-refractivity contribution in [2.24, 2.45) is 0 Å². The molecular formula is C25H32BrFN2O3. The molecule has 0 aromatic heterocycles. The molecule has 32 heavy (non-hydrogen) atoms. The Balaban J connectivity index is 2.16. The van der Waals surface area contributed by atoms with Crippen molar-refractivity contribution < 1.29 is 18.7 Å². The maximum atomic E-state index is 13.3. The second-order valence-electron chi connectivity index (χ2n) is 8.80.